The number of nitrogens with one attached hydrogen (secondary N) is 1. The van der Waals surface area contributed by atoms with Crippen molar-refractivity contribution < 1.29 is 27.3 Å². The Hall–Kier alpha value is -3.33. The molecular formula is C21H17ClF3N3O3. The number of rotatable bonds is 5. The molecule has 162 valence electrons. The molecule has 0 saturated heterocycles. The lowest BCUT2D eigenvalue weighted by Gasteiger charge is -2.17. The van der Waals surface area contributed by atoms with Crippen molar-refractivity contribution in [2.24, 2.45) is 0 Å². The van der Waals surface area contributed by atoms with Crippen LogP contribution in [0.4, 0.5) is 18.9 Å². The summed E-state index contributed by atoms with van der Waals surface area (Å²) in [5.74, 6) is -0.912. The van der Waals surface area contributed by atoms with E-state index < -0.39 is 35.1 Å². The van der Waals surface area contributed by atoms with Crippen molar-refractivity contribution in [3.05, 3.63) is 70.4 Å². The highest BCUT2D eigenvalue weighted by atomic mass is 35.5. The van der Waals surface area contributed by atoms with Gasteiger partial charge < -0.3 is 14.7 Å². The quantitative estimate of drug-likeness (QED) is 0.590. The van der Waals surface area contributed by atoms with Crippen molar-refractivity contribution in [2.75, 3.05) is 18.9 Å². The van der Waals surface area contributed by atoms with Gasteiger partial charge in [0.2, 0.25) is 5.91 Å². The Morgan fingerprint density at radius 1 is 1.16 bits per heavy atom. The second kappa shape index (κ2) is 8.81. The van der Waals surface area contributed by atoms with Gasteiger partial charge in [-0.3, -0.25) is 9.59 Å². The molecule has 31 heavy (non-hydrogen) atoms. The third kappa shape index (κ3) is 5.05. The van der Waals surface area contributed by atoms with Gasteiger partial charge in [0.05, 0.1) is 17.1 Å². The van der Waals surface area contributed by atoms with Crippen LogP contribution in [0, 0.1) is 6.92 Å². The Morgan fingerprint density at radius 2 is 1.84 bits per heavy atom. The number of hydrogen-bond donors (Lipinski definition) is 1. The van der Waals surface area contributed by atoms with Crippen molar-refractivity contribution in [3.63, 3.8) is 0 Å². The molecule has 0 aliphatic carbocycles. The molecule has 0 spiro atoms. The predicted octanol–water partition coefficient (Wildman–Crippen LogP) is 5.03. The summed E-state index contributed by atoms with van der Waals surface area (Å²) in [4.78, 5) is 26.4. The van der Waals surface area contributed by atoms with Gasteiger partial charge in [-0.15, -0.1) is 0 Å². The zero-order chi connectivity index (χ0) is 22.8. The second-order valence-corrected chi connectivity index (χ2v) is 7.14. The molecule has 3 rings (SSSR count). The SMILES string of the molecule is Cc1onc(-c2ccccc2)c1C(=O)N(C)CC(=O)Nc1ccc(Cl)c(C(F)(F)F)c1. The summed E-state index contributed by atoms with van der Waals surface area (Å²) in [6, 6.07) is 11.9. The fraction of sp³-hybridized carbons (Fsp3) is 0.190. The Morgan fingerprint density at radius 3 is 2.48 bits per heavy atom. The highest BCUT2D eigenvalue weighted by Crippen LogP contribution is 2.36. The van der Waals surface area contributed by atoms with Gasteiger partial charge in [-0.05, 0) is 25.1 Å². The first-order valence-electron chi connectivity index (χ1n) is 9.01. The van der Waals surface area contributed by atoms with E-state index in [1.54, 1.807) is 31.2 Å². The molecule has 1 heterocycles. The normalized spacial score (nSPS) is 11.3. The van der Waals surface area contributed by atoms with Gasteiger partial charge in [0.1, 0.15) is 17.0 Å². The smallest absolute Gasteiger partial charge is 0.360 e. The van der Waals surface area contributed by atoms with Crippen LogP contribution in [0.3, 0.4) is 0 Å². The van der Waals surface area contributed by atoms with E-state index in [0.29, 0.717) is 11.3 Å². The minimum Gasteiger partial charge on any atom is -0.360 e. The molecule has 10 heteroatoms. The van der Waals surface area contributed by atoms with Crippen LogP contribution in [0.5, 0.6) is 0 Å². The first kappa shape index (κ1) is 22.4. The molecular weight excluding hydrogens is 435 g/mol. The molecule has 0 atom stereocenters. The maximum Gasteiger partial charge on any atom is 0.417 e. The average Bonchev–Trinajstić information content (AvgIpc) is 3.10. The van der Waals surface area contributed by atoms with Crippen molar-refractivity contribution >= 4 is 29.1 Å². The Bertz CT molecular complexity index is 1110. The standard InChI is InChI=1S/C21H17ClF3N3O3/c1-12-18(19(27-31-12)13-6-4-3-5-7-13)20(30)28(2)11-17(29)26-14-8-9-16(22)15(10-14)21(23,24)25/h3-10H,11H2,1-2H3,(H,26,29). The highest BCUT2D eigenvalue weighted by molar-refractivity contribution is 6.31. The molecule has 0 fully saturated rings. The predicted molar refractivity (Wildman–Crippen MR) is 109 cm³/mol. The third-order valence-corrected chi connectivity index (χ3v) is 4.74. The van der Waals surface area contributed by atoms with E-state index in [9.17, 15) is 22.8 Å². The molecule has 2 aromatic carbocycles. The van der Waals surface area contributed by atoms with Crippen LogP contribution in [-0.2, 0) is 11.0 Å². The van der Waals surface area contributed by atoms with Gasteiger partial charge in [0.25, 0.3) is 5.91 Å². The zero-order valence-electron chi connectivity index (χ0n) is 16.5. The number of amides is 2. The van der Waals surface area contributed by atoms with Crippen LogP contribution >= 0.6 is 11.6 Å². The van der Waals surface area contributed by atoms with E-state index in [-0.39, 0.29) is 17.0 Å². The number of alkyl halides is 3. The van der Waals surface area contributed by atoms with Crippen molar-refractivity contribution in [3.8, 4) is 11.3 Å². The molecule has 0 unspecified atom stereocenters. The lowest BCUT2D eigenvalue weighted by atomic mass is 10.1. The number of halogens is 4. The monoisotopic (exact) mass is 451 g/mol. The largest absolute Gasteiger partial charge is 0.417 e. The van der Waals surface area contributed by atoms with E-state index >= 15 is 0 Å². The molecule has 1 N–H and O–H groups in total. The topological polar surface area (TPSA) is 75.4 Å². The number of aryl methyl sites for hydroxylation is 1. The molecule has 0 aliphatic rings. The third-order valence-electron chi connectivity index (χ3n) is 4.41. The number of benzene rings is 2. The van der Waals surface area contributed by atoms with Crippen LogP contribution in [-0.4, -0.2) is 35.5 Å². The van der Waals surface area contributed by atoms with Crippen LogP contribution < -0.4 is 5.32 Å². The summed E-state index contributed by atoms with van der Waals surface area (Å²) in [5.41, 5.74) is 0.0503. The van der Waals surface area contributed by atoms with E-state index in [4.69, 9.17) is 16.1 Å². The lowest BCUT2D eigenvalue weighted by molar-refractivity contribution is -0.137. The van der Waals surface area contributed by atoms with Gasteiger partial charge >= 0.3 is 6.18 Å². The summed E-state index contributed by atoms with van der Waals surface area (Å²) in [7, 11) is 1.39. The molecule has 3 aromatic rings. The summed E-state index contributed by atoms with van der Waals surface area (Å²) in [6.07, 6.45) is -4.66. The molecule has 0 bridgehead atoms. The van der Waals surface area contributed by atoms with Crippen LogP contribution in [0.15, 0.2) is 53.1 Å². The Kier molecular flexibility index (Phi) is 6.35. The maximum atomic E-state index is 13.0. The molecule has 1 aromatic heterocycles. The average molecular weight is 452 g/mol. The van der Waals surface area contributed by atoms with E-state index in [1.807, 2.05) is 6.07 Å². The summed E-state index contributed by atoms with van der Waals surface area (Å²) in [6.45, 7) is 1.18. The number of carbonyl (C=O) groups excluding carboxylic acids is 2. The zero-order valence-corrected chi connectivity index (χ0v) is 17.2. The first-order valence-corrected chi connectivity index (χ1v) is 9.39. The van der Waals surface area contributed by atoms with E-state index in [0.717, 1.165) is 17.0 Å². The number of likely N-dealkylation sites (N-methyl/N-ethyl adjacent to an activating group) is 1. The van der Waals surface area contributed by atoms with Crippen molar-refractivity contribution in [2.45, 2.75) is 13.1 Å². The maximum absolute atomic E-state index is 13.0. The molecule has 6 nitrogen and oxygen atoms in total. The first-order chi connectivity index (χ1) is 14.6. The molecule has 0 radical (unpaired) electrons. The van der Waals surface area contributed by atoms with Gasteiger partial charge in [-0.1, -0.05) is 47.1 Å². The number of carbonyl (C=O) groups is 2. The molecule has 0 aliphatic heterocycles. The van der Waals surface area contributed by atoms with Crippen molar-refractivity contribution in [1.82, 2.24) is 10.1 Å². The summed E-state index contributed by atoms with van der Waals surface area (Å²) < 4.78 is 44.1. The number of anilines is 1. The summed E-state index contributed by atoms with van der Waals surface area (Å²) in [5, 5.41) is 5.80. The minimum absolute atomic E-state index is 0.0892. The number of hydrogen-bond acceptors (Lipinski definition) is 4. The minimum atomic E-state index is -4.66. The van der Waals surface area contributed by atoms with Gasteiger partial charge in [0, 0.05) is 18.3 Å². The lowest BCUT2D eigenvalue weighted by Crippen LogP contribution is -2.35. The molecule has 2 amide bonds. The van der Waals surface area contributed by atoms with Crippen molar-refractivity contribution in [1.29, 1.82) is 0 Å². The van der Waals surface area contributed by atoms with Gasteiger partial charge in [-0.25, -0.2) is 0 Å². The summed E-state index contributed by atoms with van der Waals surface area (Å²) >= 11 is 5.58. The van der Waals surface area contributed by atoms with Gasteiger partial charge in [-0.2, -0.15) is 13.2 Å². The van der Waals surface area contributed by atoms with E-state index in [2.05, 4.69) is 10.5 Å². The second-order valence-electron chi connectivity index (χ2n) is 6.73. The van der Waals surface area contributed by atoms with E-state index in [1.165, 1.54) is 13.1 Å². The van der Waals surface area contributed by atoms with Crippen LogP contribution in [0.2, 0.25) is 5.02 Å². The van der Waals surface area contributed by atoms with Crippen LogP contribution in [0.25, 0.3) is 11.3 Å². The molecule has 0 saturated carbocycles. The Balaban J connectivity index is 1.74. The fourth-order valence-corrected chi connectivity index (χ4v) is 3.14. The number of nitrogens with zero attached hydrogens (tertiary/aromatic N) is 2. The van der Waals surface area contributed by atoms with Crippen LogP contribution in [0.1, 0.15) is 21.7 Å². The number of aromatic nitrogens is 1. The Labute approximate surface area is 180 Å². The fourth-order valence-electron chi connectivity index (χ4n) is 2.92. The van der Waals surface area contributed by atoms with Gasteiger partial charge in [0.15, 0.2) is 0 Å². The highest BCUT2D eigenvalue weighted by Gasteiger charge is 2.33.